The molecule has 0 amide bonds. The third-order valence-electron chi connectivity index (χ3n) is 3.67. The van der Waals surface area contributed by atoms with Crippen molar-refractivity contribution in [3.63, 3.8) is 0 Å². The standard InChI is InChI=1S/C15H19NO2/c1-3-12(9-16)15(10-17-11-15)13-6-5-7-14(8-13)18-4-2/h5-8,12H,3-4,10-11H2,1-2H3. The zero-order valence-electron chi connectivity index (χ0n) is 11.0. The van der Waals surface area contributed by atoms with Crippen LogP contribution in [0.1, 0.15) is 25.8 Å². The van der Waals surface area contributed by atoms with E-state index in [1.165, 1.54) is 0 Å². The maximum absolute atomic E-state index is 9.32. The first kappa shape index (κ1) is 12.9. The van der Waals surface area contributed by atoms with Crippen LogP contribution in [0.25, 0.3) is 0 Å². The van der Waals surface area contributed by atoms with Crippen molar-refractivity contribution in [2.75, 3.05) is 19.8 Å². The Labute approximate surface area is 108 Å². The van der Waals surface area contributed by atoms with Gasteiger partial charge in [0.05, 0.1) is 37.2 Å². The van der Waals surface area contributed by atoms with Crippen LogP contribution in [-0.2, 0) is 10.2 Å². The fraction of sp³-hybridized carbons (Fsp3) is 0.533. The number of hydrogen-bond acceptors (Lipinski definition) is 3. The molecule has 0 aromatic heterocycles. The summed E-state index contributed by atoms with van der Waals surface area (Å²) in [6.45, 7) is 5.95. The Balaban J connectivity index is 2.33. The maximum Gasteiger partial charge on any atom is 0.119 e. The van der Waals surface area contributed by atoms with Crippen LogP contribution in [-0.4, -0.2) is 19.8 Å². The molecule has 1 saturated heterocycles. The molecule has 1 unspecified atom stereocenters. The van der Waals surface area contributed by atoms with Gasteiger partial charge in [0.25, 0.3) is 0 Å². The molecule has 1 aliphatic rings. The highest BCUT2D eigenvalue weighted by Gasteiger charge is 2.46. The van der Waals surface area contributed by atoms with Crippen molar-refractivity contribution in [3.05, 3.63) is 29.8 Å². The number of nitriles is 1. The molecule has 0 radical (unpaired) electrons. The van der Waals surface area contributed by atoms with Gasteiger partial charge in [-0.15, -0.1) is 0 Å². The molecule has 96 valence electrons. The van der Waals surface area contributed by atoms with Crippen LogP contribution in [0.5, 0.6) is 5.75 Å². The Bertz CT molecular complexity index is 446. The second-order valence-electron chi connectivity index (χ2n) is 4.70. The lowest BCUT2D eigenvalue weighted by Gasteiger charge is -2.45. The maximum atomic E-state index is 9.32. The first-order chi connectivity index (χ1) is 8.76. The highest BCUT2D eigenvalue weighted by atomic mass is 16.5. The normalized spacial score (nSPS) is 18.5. The minimum absolute atomic E-state index is 0.00289. The molecule has 1 aromatic carbocycles. The van der Waals surface area contributed by atoms with E-state index in [2.05, 4.69) is 19.1 Å². The van der Waals surface area contributed by atoms with Crippen molar-refractivity contribution in [1.82, 2.24) is 0 Å². The average Bonchev–Trinajstić information content (AvgIpc) is 2.34. The Morgan fingerprint density at radius 3 is 2.72 bits per heavy atom. The molecule has 0 aliphatic carbocycles. The molecular formula is C15H19NO2. The molecule has 0 spiro atoms. The zero-order valence-corrected chi connectivity index (χ0v) is 11.0. The average molecular weight is 245 g/mol. The van der Waals surface area contributed by atoms with E-state index in [1.54, 1.807) is 0 Å². The van der Waals surface area contributed by atoms with Gasteiger partial charge in [-0.3, -0.25) is 0 Å². The summed E-state index contributed by atoms with van der Waals surface area (Å²) in [5, 5.41) is 9.32. The van der Waals surface area contributed by atoms with Crippen molar-refractivity contribution in [1.29, 1.82) is 5.26 Å². The van der Waals surface area contributed by atoms with Crippen LogP contribution < -0.4 is 4.74 Å². The molecule has 1 heterocycles. The van der Waals surface area contributed by atoms with E-state index in [9.17, 15) is 5.26 Å². The lowest BCUT2D eigenvalue weighted by atomic mass is 9.68. The molecule has 0 saturated carbocycles. The Kier molecular flexibility index (Phi) is 3.88. The lowest BCUT2D eigenvalue weighted by Crippen LogP contribution is -2.51. The van der Waals surface area contributed by atoms with Crippen molar-refractivity contribution in [2.45, 2.75) is 25.7 Å². The SMILES string of the molecule is CCOc1cccc(C2(C(C#N)CC)COC2)c1. The largest absolute Gasteiger partial charge is 0.494 e. The smallest absolute Gasteiger partial charge is 0.119 e. The van der Waals surface area contributed by atoms with E-state index >= 15 is 0 Å². The van der Waals surface area contributed by atoms with Crippen molar-refractivity contribution in [3.8, 4) is 11.8 Å². The van der Waals surface area contributed by atoms with Crippen molar-refractivity contribution >= 4 is 0 Å². The number of benzene rings is 1. The zero-order chi connectivity index (χ0) is 13.0. The number of nitrogens with zero attached hydrogens (tertiary/aromatic N) is 1. The van der Waals surface area contributed by atoms with Crippen molar-refractivity contribution < 1.29 is 9.47 Å². The van der Waals surface area contributed by atoms with Crippen LogP contribution in [0, 0.1) is 17.2 Å². The summed E-state index contributed by atoms with van der Waals surface area (Å²) in [5.41, 5.74) is 1.02. The summed E-state index contributed by atoms with van der Waals surface area (Å²) in [6.07, 6.45) is 0.846. The third kappa shape index (κ3) is 2.09. The molecule has 0 N–H and O–H groups in total. The van der Waals surface area contributed by atoms with Gasteiger partial charge in [-0.25, -0.2) is 0 Å². The summed E-state index contributed by atoms with van der Waals surface area (Å²) in [6, 6.07) is 10.5. The minimum Gasteiger partial charge on any atom is -0.494 e. The van der Waals surface area contributed by atoms with Crippen LogP contribution >= 0.6 is 0 Å². The first-order valence-corrected chi connectivity index (χ1v) is 6.47. The molecule has 2 rings (SSSR count). The van der Waals surface area contributed by atoms with E-state index in [0.29, 0.717) is 19.8 Å². The molecule has 0 bridgehead atoms. The molecule has 18 heavy (non-hydrogen) atoms. The van der Waals surface area contributed by atoms with Gasteiger partial charge in [-0.2, -0.15) is 5.26 Å². The number of rotatable bonds is 5. The Morgan fingerprint density at radius 1 is 1.44 bits per heavy atom. The summed E-state index contributed by atoms with van der Waals surface area (Å²) in [4.78, 5) is 0. The topological polar surface area (TPSA) is 42.2 Å². The van der Waals surface area contributed by atoms with Crippen LogP contribution in [0.2, 0.25) is 0 Å². The fourth-order valence-corrected chi connectivity index (χ4v) is 2.56. The molecule has 1 aliphatic heterocycles. The van der Waals surface area contributed by atoms with Crippen LogP contribution in [0.15, 0.2) is 24.3 Å². The predicted molar refractivity (Wildman–Crippen MR) is 69.5 cm³/mol. The Hall–Kier alpha value is -1.53. The van der Waals surface area contributed by atoms with Gasteiger partial charge in [-0.1, -0.05) is 19.1 Å². The fourth-order valence-electron chi connectivity index (χ4n) is 2.56. The summed E-state index contributed by atoms with van der Waals surface area (Å²) in [5.74, 6) is 0.872. The quantitative estimate of drug-likeness (QED) is 0.801. The Morgan fingerprint density at radius 2 is 2.22 bits per heavy atom. The molecule has 1 fully saturated rings. The second kappa shape index (κ2) is 5.41. The molecule has 1 aromatic rings. The predicted octanol–water partition coefficient (Wildman–Crippen LogP) is 2.90. The molecule has 3 nitrogen and oxygen atoms in total. The van der Waals surface area contributed by atoms with Crippen LogP contribution in [0.3, 0.4) is 0 Å². The van der Waals surface area contributed by atoms with Gasteiger partial charge >= 0.3 is 0 Å². The van der Waals surface area contributed by atoms with Gasteiger partial charge < -0.3 is 9.47 Å². The number of hydrogen-bond donors (Lipinski definition) is 0. The van der Waals surface area contributed by atoms with E-state index in [1.807, 2.05) is 25.1 Å². The molecule has 3 heteroatoms. The lowest BCUT2D eigenvalue weighted by molar-refractivity contribution is -0.0805. The summed E-state index contributed by atoms with van der Waals surface area (Å²) in [7, 11) is 0. The van der Waals surface area contributed by atoms with Gasteiger partial charge in [0, 0.05) is 0 Å². The van der Waals surface area contributed by atoms with Gasteiger partial charge in [0.15, 0.2) is 0 Å². The van der Waals surface area contributed by atoms with Gasteiger partial charge in [0.2, 0.25) is 0 Å². The highest BCUT2D eigenvalue weighted by molar-refractivity contribution is 5.37. The molecule has 1 atom stereocenters. The third-order valence-corrected chi connectivity index (χ3v) is 3.67. The number of ether oxygens (including phenoxy) is 2. The van der Waals surface area contributed by atoms with E-state index in [0.717, 1.165) is 17.7 Å². The second-order valence-corrected chi connectivity index (χ2v) is 4.70. The van der Waals surface area contributed by atoms with Gasteiger partial charge in [-0.05, 0) is 31.0 Å². The van der Waals surface area contributed by atoms with E-state index < -0.39 is 0 Å². The minimum atomic E-state index is -0.142. The van der Waals surface area contributed by atoms with E-state index in [4.69, 9.17) is 9.47 Å². The van der Waals surface area contributed by atoms with Gasteiger partial charge in [0.1, 0.15) is 5.75 Å². The first-order valence-electron chi connectivity index (χ1n) is 6.47. The van der Waals surface area contributed by atoms with Crippen LogP contribution in [0.4, 0.5) is 0 Å². The summed E-state index contributed by atoms with van der Waals surface area (Å²) >= 11 is 0. The summed E-state index contributed by atoms with van der Waals surface area (Å²) < 4.78 is 10.9. The molecular weight excluding hydrogens is 226 g/mol. The van der Waals surface area contributed by atoms with Crippen molar-refractivity contribution in [2.24, 2.45) is 5.92 Å². The van der Waals surface area contributed by atoms with E-state index in [-0.39, 0.29) is 11.3 Å². The highest BCUT2D eigenvalue weighted by Crippen LogP contribution is 2.41. The monoisotopic (exact) mass is 245 g/mol.